The molecule has 0 saturated carbocycles. The minimum absolute atomic E-state index is 0.0609. The van der Waals surface area contributed by atoms with Gasteiger partial charge in [0.05, 0.1) is 6.42 Å². The van der Waals surface area contributed by atoms with Crippen LogP contribution >= 0.6 is 0 Å². The molecule has 0 unspecified atom stereocenters. The van der Waals surface area contributed by atoms with Gasteiger partial charge >= 0.3 is 0 Å². The van der Waals surface area contributed by atoms with Gasteiger partial charge in [0.2, 0.25) is 11.8 Å². The summed E-state index contributed by atoms with van der Waals surface area (Å²) in [6.07, 6.45) is 1.98. The van der Waals surface area contributed by atoms with Crippen molar-refractivity contribution in [2.24, 2.45) is 5.92 Å². The number of benzene rings is 1. The van der Waals surface area contributed by atoms with Crippen LogP contribution in [0.15, 0.2) is 30.3 Å². The summed E-state index contributed by atoms with van der Waals surface area (Å²) in [4.78, 5) is 25.5. The maximum absolute atomic E-state index is 12.1. The molecule has 2 rings (SSSR count). The number of nitrogens with one attached hydrogen (secondary N) is 1. The summed E-state index contributed by atoms with van der Waals surface area (Å²) in [6.45, 7) is 1.37. The number of carbonyl (C=O) groups is 2. The van der Waals surface area contributed by atoms with Gasteiger partial charge in [-0.05, 0) is 18.4 Å². The fourth-order valence-corrected chi connectivity index (χ4v) is 2.48. The van der Waals surface area contributed by atoms with E-state index in [1.807, 2.05) is 35.2 Å². The molecule has 1 aromatic rings. The van der Waals surface area contributed by atoms with E-state index in [4.69, 9.17) is 0 Å². The molecule has 0 atom stereocenters. The summed E-state index contributed by atoms with van der Waals surface area (Å²) in [5.41, 5.74) is 1.04. The highest BCUT2D eigenvalue weighted by Crippen LogP contribution is 2.18. The molecule has 0 aromatic heterocycles. The number of hydrogen-bond donors (Lipinski definition) is 1. The smallest absolute Gasteiger partial charge is 0.226 e. The number of carbonyl (C=O) groups excluding carboxylic acids is 2. The normalized spacial score (nSPS) is 16.2. The third-order valence-electron chi connectivity index (χ3n) is 3.66. The van der Waals surface area contributed by atoms with E-state index < -0.39 is 0 Å². The first kappa shape index (κ1) is 13.6. The molecule has 2 amide bonds. The molecule has 0 aliphatic carbocycles. The molecule has 1 fully saturated rings. The second-order valence-corrected chi connectivity index (χ2v) is 4.93. The van der Waals surface area contributed by atoms with Crippen LogP contribution < -0.4 is 5.32 Å². The second kappa shape index (κ2) is 6.36. The average molecular weight is 260 g/mol. The molecule has 0 bridgehead atoms. The molecule has 1 aliphatic rings. The maximum Gasteiger partial charge on any atom is 0.226 e. The Bertz CT molecular complexity index is 437. The van der Waals surface area contributed by atoms with E-state index >= 15 is 0 Å². The number of hydrogen-bond acceptors (Lipinski definition) is 2. The van der Waals surface area contributed by atoms with Gasteiger partial charge in [-0.25, -0.2) is 0 Å². The minimum Gasteiger partial charge on any atom is -0.359 e. The summed E-state index contributed by atoms with van der Waals surface area (Å²) in [5.74, 6) is 0.308. The Hall–Kier alpha value is -1.84. The van der Waals surface area contributed by atoms with E-state index in [2.05, 4.69) is 5.32 Å². The van der Waals surface area contributed by atoms with Crippen LogP contribution in [-0.4, -0.2) is 36.9 Å². The van der Waals surface area contributed by atoms with Crippen molar-refractivity contribution in [3.8, 4) is 0 Å². The van der Waals surface area contributed by atoms with Crippen molar-refractivity contribution in [3.63, 3.8) is 0 Å². The van der Waals surface area contributed by atoms with Gasteiger partial charge in [-0.3, -0.25) is 9.59 Å². The van der Waals surface area contributed by atoms with Crippen molar-refractivity contribution in [1.29, 1.82) is 0 Å². The van der Waals surface area contributed by atoms with Gasteiger partial charge in [0.1, 0.15) is 0 Å². The molecule has 19 heavy (non-hydrogen) atoms. The topological polar surface area (TPSA) is 49.4 Å². The van der Waals surface area contributed by atoms with Crippen LogP contribution in [0.3, 0.4) is 0 Å². The van der Waals surface area contributed by atoms with Crippen LogP contribution in [-0.2, 0) is 16.0 Å². The highest BCUT2D eigenvalue weighted by atomic mass is 16.2. The molecular formula is C15H20N2O2. The first-order valence-electron chi connectivity index (χ1n) is 6.74. The lowest BCUT2D eigenvalue weighted by atomic mass is 9.95. The largest absolute Gasteiger partial charge is 0.359 e. The first-order valence-corrected chi connectivity index (χ1v) is 6.74. The molecule has 4 heteroatoms. The van der Waals surface area contributed by atoms with Gasteiger partial charge in [-0.15, -0.1) is 0 Å². The van der Waals surface area contributed by atoms with E-state index in [9.17, 15) is 9.59 Å². The summed E-state index contributed by atoms with van der Waals surface area (Å²) in [5, 5.41) is 2.68. The quantitative estimate of drug-likeness (QED) is 0.888. The van der Waals surface area contributed by atoms with Gasteiger partial charge < -0.3 is 10.2 Å². The van der Waals surface area contributed by atoms with E-state index in [0.717, 1.165) is 18.4 Å². The predicted molar refractivity (Wildman–Crippen MR) is 73.5 cm³/mol. The fourth-order valence-electron chi connectivity index (χ4n) is 2.48. The Balaban J connectivity index is 1.84. The van der Waals surface area contributed by atoms with E-state index in [1.54, 1.807) is 7.05 Å². The third kappa shape index (κ3) is 3.56. The summed E-state index contributed by atoms with van der Waals surface area (Å²) < 4.78 is 0. The van der Waals surface area contributed by atoms with E-state index in [1.165, 1.54) is 0 Å². The number of piperidine rings is 1. The van der Waals surface area contributed by atoms with E-state index in [-0.39, 0.29) is 17.7 Å². The molecule has 1 aromatic carbocycles. The van der Waals surface area contributed by atoms with Crippen molar-refractivity contribution < 1.29 is 9.59 Å². The number of amides is 2. The minimum atomic E-state index is 0.0609. The number of nitrogens with zero attached hydrogens (tertiary/aromatic N) is 1. The summed E-state index contributed by atoms with van der Waals surface area (Å²) >= 11 is 0. The van der Waals surface area contributed by atoms with Crippen LogP contribution in [0.1, 0.15) is 18.4 Å². The van der Waals surface area contributed by atoms with Crippen LogP contribution in [0.4, 0.5) is 0 Å². The monoisotopic (exact) mass is 260 g/mol. The van der Waals surface area contributed by atoms with Crippen LogP contribution in [0.25, 0.3) is 0 Å². The third-order valence-corrected chi connectivity index (χ3v) is 3.66. The molecule has 1 aliphatic heterocycles. The number of rotatable bonds is 3. The summed E-state index contributed by atoms with van der Waals surface area (Å²) in [6, 6.07) is 9.77. The van der Waals surface area contributed by atoms with Gasteiger partial charge in [-0.1, -0.05) is 30.3 Å². The van der Waals surface area contributed by atoms with Crippen molar-refractivity contribution >= 4 is 11.8 Å². The lowest BCUT2D eigenvalue weighted by Crippen LogP contribution is -2.42. The predicted octanol–water partition coefficient (Wildman–Crippen LogP) is 1.21. The van der Waals surface area contributed by atoms with Crippen LogP contribution in [0.2, 0.25) is 0 Å². The van der Waals surface area contributed by atoms with Gasteiger partial charge in [0.25, 0.3) is 0 Å². The van der Waals surface area contributed by atoms with Crippen LogP contribution in [0.5, 0.6) is 0 Å². The Morgan fingerprint density at radius 3 is 2.42 bits per heavy atom. The van der Waals surface area contributed by atoms with E-state index in [0.29, 0.717) is 19.5 Å². The molecule has 1 N–H and O–H groups in total. The lowest BCUT2D eigenvalue weighted by Gasteiger charge is -2.31. The lowest BCUT2D eigenvalue weighted by molar-refractivity contribution is -0.134. The molecule has 0 radical (unpaired) electrons. The van der Waals surface area contributed by atoms with Gasteiger partial charge in [0.15, 0.2) is 0 Å². The molecule has 1 heterocycles. The highest BCUT2D eigenvalue weighted by molar-refractivity contribution is 5.80. The molecule has 0 spiro atoms. The average Bonchev–Trinajstić information content (AvgIpc) is 2.47. The first-order chi connectivity index (χ1) is 9.20. The zero-order chi connectivity index (χ0) is 13.7. The Kier molecular flexibility index (Phi) is 4.55. The van der Waals surface area contributed by atoms with Crippen molar-refractivity contribution in [2.75, 3.05) is 20.1 Å². The van der Waals surface area contributed by atoms with Crippen molar-refractivity contribution in [2.45, 2.75) is 19.3 Å². The Morgan fingerprint density at radius 1 is 1.21 bits per heavy atom. The van der Waals surface area contributed by atoms with Crippen LogP contribution in [0, 0.1) is 5.92 Å². The zero-order valence-corrected chi connectivity index (χ0v) is 11.3. The Labute approximate surface area is 113 Å². The van der Waals surface area contributed by atoms with Crippen molar-refractivity contribution in [3.05, 3.63) is 35.9 Å². The fraction of sp³-hybridized carbons (Fsp3) is 0.467. The molecule has 4 nitrogen and oxygen atoms in total. The second-order valence-electron chi connectivity index (χ2n) is 4.93. The standard InChI is InChI=1S/C15H20N2O2/c1-16-15(19)13-7-9-17(10-8-13)14(18)11-12-5-3-2-4-6-12/h2-6,13H,7-11H2,1H3,(H,16,19). The molecule has 102 valence electrons. The summed E-state index contributed by atoms with van der Waals surface area (Å²) in [7, 11) is 1.66. The maximum atomic E-state index is 12.1. The Morgan fingerprint density at radius 2 is 1.84 bits per heavy atom. The highest BCUT2D eigenvalue weighted by Gasteiger charge is 2.26. The zero-order valence-electron chi connectivity index (χ0n) is 11.3. The van der Waals surface area contributed by atoms with Gasteiger partial charge in [0, 0.05) is 26.1 Å². The number of likely N-dealkylation sites (tertiary alicyclic amines) is 1. The van der Waals surface area contributed by atoms with Gasteiger partial charge in [-0.2, -0.15) is 0 Å². The van der Waals surface area contributed by atoms with Crippen molar-refractivity contribution in [1.82, 2.24) is 10.2 Å². The molecule has 1 saturated heterocycles. The molecular weight excluding hydrogens is 240 g/mol. The SMILES string of the molecule is CNC(=O)C1CCN(C(=O)Cc2ccccc2)CC1.